The van der Waals surface area contributed by atoms with Crippen molar-refractivity contribution < 1.29 is 18.7 Å². The summed E-state index contributed by atoms with van der Waals surface area (Å²) in [5.74, 6) is -0.716. The van der Waals surface area contributed by atoms with E-state index < -0.39 is 11.7 Å². The third-order valence-corrected chi connectivity index (χ3v) is 4.85. The predicted molar refractivity (Wildman–Crippen MR) is 116 cm³/mol. The first-order valence-corrected chi connectivity index (χ1v) is 9.85. The second kappa shape index (κ2) is 9.36. The van der Waals surface area contributed by atoms with Crippen LogP contribution in [0.2, 0.25) is 0 Å². The van der Waals surface area contributed by atoms with Gasteiger partial charge < -0.3 is 20.3 Å². The van der Waals surface area contributed by atoms with E-state index >= 15 is 0 Å². The van der Waals surface area contributed by atoms with E-state index in [0.29, 0.717) is 35.8 Å². The molecule has 0 aliphatic carbocycles. The summed E-state index contributed by atoms with van der Waals surface area (Å²) in [7, 11) is 0. The van der Waals surface area contributed by atoms with Crippen molar-refractivity contribution in [2.45, 2.75) is 0 Å². The lowest BCUT2D eigenvalue weighted by Gasteiger charge is -2.28. The fraction of sp³-hybridized carbons (Fsp3) is 0.174. The van der Waals surface area contributed by atoms with Gasteiger partial charge >= 0.3 is 0 Å². The Hall–Kier alpha value is -3.78. The van der Waals surface area contributed by atoms with Gasteiger partial charge in [-0.2, -0.15) is 0 Å². The highest BCUT2D eigenvalue weighted by molar-refractivity contribution is 6.07. The minimum atomic E-state index is -0.415. The van der Waals surface area contributed by atoms with Crippen molar-refractivity contribution in [2.75, 3.05) is 41.8 Å². The van der Waals surface area contributed by atoms with Crippen LogP contribution >= 0.6 is 0 Å². The number of hydrogen-bond donors (Lipinski definition) is 2. The summed E-state index contributed by atoms with van der Waals surface area (Å²) in [5.41, 5.74) is 2.13. The number of anilines is 3. The van der Waals surface area contributed by atoms with Gasteiger partial charge in [-0.3, -0.25) is 9.59 Å². The number of amides is 2. The Morgan fingerprint density at radius 3 is 2.35 bits per heavy atom. The third kappa shape index (κ3) is 5.23. The number of hydrogen-bond acceptors (Lipinski definition) is 5. The number of halogens is 1. The van der Waals surface area contributed by atoms with Crippen LogP contribution in [-0.2, 0) is 4.74 Å². The van der Waals surface area contributed by atoms with Gasteiger partial charge in [-0.05, 0) is 54.6 Å². The van der Waals surface area contributed by atoms with E-state index in [1.807, 2.05) is 6.07 Å². The van der Waals surface area contributed by atoms with E-state index in [-0.39, 0.29) is 5.91 Å². The highest BCUT2D eigenvalue weighted by Crippen LogP contribution is 2.18. The van der Waals surface area contributed by atoms with Gasteiger partial charge in [0.2, 0.25) is 0 Å². The fourth-order valence-electron chi connectivity index (χ4n) is 3.20. The molecular weight excluding hydrogens is 399 g/mol. The number of nitrogens with zero attached hydrogens (tertiary/aromatic N) is 2. The average Bonchev–Trinajstić information content (AvgIpc) is 2.81. The van der Waals surface area contributed by atoms with E-state index in [2.05, 4.69) is 20.5 Å². The Morgan fingerprint density at radius 2 is 1.65 bits per heavy atom. The zero-order chi connectivity index (χ0) is 21.6. The van der Waals surface area contributed by atoms with Gasteiger partial charge in [-0.1, -0.05) is 6.07 Å². The summed E-state index contributed by atoms with van der Waals surface area (Å²) >= 11 is 0. The molecule has 4 rings (SSSR count). The fourth-order valence-corrected chi connectivity index (χ4v) is 3.20. The molecule has 0 unspecified atom stereocenters. The van der Waals surface area contributed by atoms with E-state index in [0.717, 1.165) is 18.8 Å². The topological polar surface area (TPSA) is 83.6 Å². The molecule has 8 heteroatoms. The second-order valence-electron chi connectivity index (χ2n) is 7.00. The molecule has 2 aromatic carbocycles. The summed E-state index contributed by atoms with van der Waals surface area (Å²) < 4.78 is 18.4. The van der Waals surface area contributed by atoms with Gasteiger partial charge in [0.05, 0.1) is 25.1 Å². The lowest BCUT2D eigenvalue weighted by molar-refractivity contribution is 0.101. The first-order valence-electron chi connectivity index (χ1n) is 9.85. The summed E-state index contributed by atoms with van der Waals surface area (Å²) in [5, 5.41) is 5.47. The Kier molecular flexibility index (Phi) is 6.18. The van der Waals surface area contributed by atoms with Crippen LogP contribution in [-0.4, -0.2) is 43.1 Å². The second-order valence-corrected chi connectivity index (χ2v) is 7.00. The van der Waals surface area contributed by atoms with Crippen LogP contribution in [0, 0.1) is 5.82 Å². The third-order valence-electron chi connectivity index (χ3n) is 4.85. The average molecular weight is 420 g/mol. The van der Waals surface area contributed by atoms with Gasteiger partial charge in [0.1, 0.15) is 11.6 Å². The first-order chi connectivity index (χ1) is 15.1. The van der Waals surface area contributed by atoms with Crippen molar-refractivity contribution in [3.63, 3.8) is 0 Å². The van der Waals surface area contributed by atoms with Crippen LogP contribution in [0.1, 0.15) is 20.7 Å². The van der Waals surface area contributed by atoms with Crippen LogP contribution in [0.25, 0.3) is 0 Å². The molecule has 0 saturated carbocycles. The molecule has 0 atom stereocenters. The highest BCUT2D eigenvalue weighted by atomic mass is 19.1. The SMILES string of the molecule is O=C(Nc1cccc(C(=O)Nc2ccc(N3CCOCC3)cn2)c1)c1ccc(F)cc1. The molecule has 0 spiro atoms. The molecule has 2 heterocycles. The molecule has 0 radical (unpaired) electrons. The van der Waals surface area contributed by atoms with Crippen molar-refractivity contribution in [3.05, 3.63) is 83.8 Å². The summed E-state index contributed by atoms with van der Waals surface area (Å²) in [6, 6.07) is 15.4. The smallest absolute Gasteiger partial charge is 0.256 e. The summed E-state index contributed by atoms with van der Waals surface area (Å²) in [4.78, 5) is 31.4. The van der Waals surface area contributed by atoms with E-state index in [4.69, 9.17) is 4.74 Å². The zero-order valence-corrected chi connectivity index (χ0v) is 16.7. The Labute approximate surface area is 178 Å². The number of carbonyl (C=O) groups is 2. The first kappa shape index (κ1) is 20.5. The molecule has 1 saturated heterocycles. The maximum Gasteiger partial charge on any atom is 0.256 e. The molecule has 1 aliphatic rings. The number of pyridine rings is 1. The molecule has 31 heavy (non-hydrogen) atoms. The molecule has 0 bridgehead atoms. The van der Waals surface area contributed by atoms with Gasteiger partial charge in [-0.25, -0.2) is 9.37 Å². The highest BCUT2D eigenvalue weighted by Gasteiger charge is 2.13. The predicted octanol–water partition coefficient (Wildman–Crippen LogP) is 3.56. The zero-order valence-electron chi connectivity index (χ0n) is 16.7. The van der Waals surface area contributed by atoms with Gasteiger partial charge in [-0.15, -0.1) is 0 Å². The molecule has 1 fully saturated rings. The van der Waals surface area contributed by atoms with Gasteiger partial charge in [0.25, 0.3) is 11.8 Å². The molecule has 7 nitrogen and oxygen atoms in total. The molecule has 2 N–H and O–H groups in total. The van der Waals surface area contributed by atoms with E-state index in [1.165, 1.54) is 24.3 Å². The van der Waals surface area contributed by atoms with Crippen molar-refractivity contribution in [1.82, 2.24) is 4.98 Å². The van der Waals surface area contributed by atoms with Crippen LogP contribution in [0.15, 0.2) is 66.9 Å². The minimum Gasteiger partial charge on any atom is -0.378 e. The molecular formula is C23H21FN4O3. The van der Waals surface area contributed by atoms with Gasteiger partial charge in [0, 0.05) is 29.9 Å². The largest absolute Gasteiger partial charge is 0.378 e. The molecule has 1 aromatic heterocycles. The number of rotatable bonds is 5. The number of ether oxygens (including phenoxy) is 1. The van der Waals surface area contributed by atoms with Crippen molar-refractivity contribution in [2.24, 2.45) is 0 Å². The maximum atomic E-state index is 13.0. The normalized spacial score (nSPS) is 13.5. The minimum absolute atomic E-state index is 0.320. The number of carbonyl (C=O) groups excluding carboxylic acids is 2. The molecule has 3 aromatic rings. The van der Waals surface area contributed by atoms with Crippen molar-refractivity contribution in [3.8, 4) is 0 Å². The maximum absolute atomic E-state index is 13.0. The monoisotopic (exact) mass is 420 g/mol. The van der Waals surface area contributed by atoms with Crippen LogP contribution in [0.5, 0.6) is 0 Å². The van der Waals surface area contributed by atoms with Crippen LogP contribution in [0.3, 0.4) is 0 Å². The Balaban J connectivity index is 1.39. The molecule has 2 amide bonds. The Bertz CT molecular complexity index is 1060. The lowest BCUT2D eigenvalue weighted by Crippen LogP contribution is -2.36. The van der Waals surface area contributed by atoms with Crippen molar-refractivity contribution >= 4 is 29.0 Å². The van der Waals surface area contributed by atoms with Crippen LogP contribution < -0.4 is 15.5 Å². The summed E-state index contributed by atoms with van der Waals surface area (Å²) in [6.07, 6.45) is 1.72. The number of aromatic nitrogens is 1. The standard InChI is InChI=1S/C23H21FN4O3/c24-18-6-4-16(5-7-18)22(29)26-19-3-1-2-17(14-19)23(30)27-21-9-8-20(15-25-21)28-10-12-31-13-11-28/h1-9,14-15H,10-13H2,(H,26,29)(H,25,27,30). The quantitative estimate of drug-likeness (QED) is 0.660. The lowest BCUT2D eigenvalue weighted by atomic mass is 10.1. The molecule has 158 valence electrons. The Morgan fingerprint density at radius 1 is 0.903 bits per heavy atom. The number of nitrogens with one attached hydrogen (secondary N) is 2. The number of morpholine rings is 1. The van der Waals surface area contributed by atoms with Gasteiger partial charge in [0.15, 0.2) is 0 Å². The van der Waals surface area contributed by atoms with E-state index in [1.54, 1.807) is 36.5 Å². The molecule has 1 aliphatic heterocycles. The summed E-state index contributed by atoms with van der Waals surface area (Å²) in [6.45, 7) is 2.99. The number of benzene rings is 2. The van der Waals surface area contributed by atoms with Crippen LogP contribution in [0.4, 0.5) is 21.6 Å². The van der Waals surface area contributed by atoms with E-state index in [9.17, 15) is 14.0 Å². The van der Waals surface area contributed by atoms with Crippen molar-refractivity contribution in [1.29, 1.82) is 0 Å².